The number of halogens is 1. The summed E-state index contributed by atoms with van der Waals surface area (Å²) >= 11 is 6.07. The van der Waals surface area contributed by atoms with Crippen LogP contribution in [0.3, 0.4) is 0 Å². The Labute approximate surface area is 131 Å². The molecule has 0 bridgehead atoms. The van der Waals surface area contributed by atoms with Gasteiger partial charge < -0.3 is 14.3 Å². The first-order valence-corrected chi connectivity index (χ1v) is 7.14. The van der Waals surface area contributed by atoms with Gasteiger partial charge in [0.05, 0.1) is 6.26 Å². The van der Waals surface area contributed by atoms with Gasteiger partial charge >= 0.3 is 0 Å². The third-order valence-electron chi connectivity index (χ3n) is 3.14. The summed E-state index contributed by atoms with van der Waals surface area (Å²) in [5, 5.41) is 7.22. The van der Waals surface area contributed by atoms with E-state index in [-0.39, 0.29) is 11.6 Å². The summed E-state index contributed by atoms with van der Waals surface area (Å²) < 4.78 is 10.3. The molecule has 112 valence electrons. The van der Waals surface area contributed by atoms with Gasteiger partial charge in [0.15, 0.2) is 11.5 Å². The number of carbonyl (C=O) groups is 1. The Morgan fingerprint density at radius 3 is 2.82 bits per heavy atom. The first-order valence-electron chi connectivity index (χ1n) is 6.76. The van der Waals surface area contributed by atoms with Gasteiger partial charge in [-0.1, -0.05) is 35.0 Å². The minimum atomic E-state index is -0.298. The second-order valence-corrected chi connectivity index (χ2v) is 5.06. The number of furan rings is 1. The number of amides is 1. The summed E-state index contributed by atoms with van der Waals surface area (Å²) in [6.07, 6.45) is 2.18. The quantitative estimate of drug-likeness (QED) is 0.781. The van der Waals surface area contributed by atoms with E-state index in [4.69, 9.17) is 20.5 Å². The van der Waals surface area contributed by atoms with Gasteiger partial charge in [-0.3, -0.25) is 4.79 Å². The van der Waals surface area contributed by atoms with Crippen molar-refractivity contribution in [2.45, 2.75) is 6.42 Å². The first-order chi connectivity index (χ1) is 10.7. The number of benzene rings is 1. The topological polar surface area (TPSA) is 68.3 Å². The van der Waals surface area contributed by atoms with Crippen LogP contribution in [0.1, 0.15) is 16.1 Å². The van der Waals surface area contributed by atoms with E-state index in [2.05, 4.69) is 10.5 Å². The molecular formula is C16H13ClN2O3. The zero-order valence-electron chi connectivity index (χ0n) is 11.6. The standard InChI is InChI=1S/C16H13ClN2O3/c17-12-5-2-1-4-11(12)7-8-18-16(20)13-10-15(22-19-13)14-6-3-9-21-14/h1-6,9-10H,7-8H2,(H,18,20). The van der Waals surface area contributed by atoms with Crippen LogP contribution in [0.2, 0.25) is 5.02 Å². The van der Waals surface area contributed by atoms with Crippen LogP contribution in [0, 0.1) is 0 Å². The van der Waals surface area contributed by atoms with Crippen molar-refractivity contribution in [3.63, 3.8) is 0 Å². The van der Waals surface area contributed by atoms with Crippen molar-refractivity contribution in [3.8, 4) is 11.5 Å². The molecule has 1 amide bonds. The maximum absolute atomic E-state index is 12.0. The number of nitrogens with zero attached hydrogens (tertiary/aromatic N) is 1. The molecule has 3 rings (SSSR count). The Morgan fingerprint density at radius 1 is 1.18 bits per heavy atom. The second-order valence-electron chi connectivity index (χ2n) is 4.65. The molecule has 0 aliphatic rings. The minimum Gasteiger partial charge on any atom is -0.461 e. The third-order valence-corrected chi connectivity index (χ3v) is 3.51. The molecule has 0 atom stereocenters. The van der Waals surface area contributed by atoms with Crippen LogP contribution >= 0.6 is 11.6 Å². The molecule has 6 heteroatoms. The van der Waals surface area contributed by atoms with E-state index in [1.807, 2.05) is 24.3 Å². The Morgan fingerprint density at radius 2 is 2.05 bits per heavy atom. The highest BCUT2D eigenvalue weighted by Gasteiger charge is 2.14. The molecule has 2 heterocycles. The van der Waals surface area contributed by atoms with Gasteiger partial charge in [0.2, 0.25) is 5.76 Å². The summed E-state index contributed by atoms with van der Waals surface area (Å²) in [7, 11) is 0. The minimum absolute atomic E-state index is 0.213. The van der Waals surface area contributed by atoms with Crippen LogP contribution in [0.4, 0.5) is 0 Å². The smallest absolute Gasteiger partial charge is 0.273 e. The Kier molecular flexibility index (Phi) is 4.25. The highest BCUT2D eigenvalue weighted by Crippen LogP contribution is 2.20. The number of carbonyl (C=O) groups excluding carboxylic acids is 1. The van der Waals surface area contributed by atoms with Gasteiger partial charge in [0.1, 0.15) is 0 Å². The van der Waals surface area contributed by atoms with Crippen molar-refractivity contribution >= 4 is 17.5 Å². The molecule has 22 heavy (non-hydrogen) atoms. The molecule has 0 saturated carbocycles. The zero-order valence-corrected chi connectivity index (χ0v) is 12.3. The summed E-state index contributed by atoms with van der Waals surface area (Å²) in [6, 6.07) is 12.6. The van der Waals surface area contributed by atoms with Crippen LogP contribution in [0.5, 0.6) is 0 Å². The largest absolute Gasteiger partial charge is 0.461 e. The molecule has 0 aliphatic heterocycles. The molecule has 0 spiro atoms. The molecule has 3 aromatic rings. The molecule has 0 fully saturated rings. The SMILES string of the molecule is O=C(NCCc1ccccc1Cl)c1cc(-c2ccco2)on1. The van der Waals surface area contributed by atoms with E-state index < -0.39 is 0 Å². The Bertz CT molecular complexity index is 765. The van der Waals surface area contributed by atoms with Crippen molar-refractivity contribution < 1.29 is 13.7 Å². The monoisotopic (exact) mass is 316 g/mol. The summed E-state index contributed by atoms with van der Waals surface area (Å²) in [4.78, 5) is 12.0. The maximum Gasteiger partial charge on any atom is 0.273 e. The molecule has 1 N–H and O–H groups in total. The fourth-order valence-corrected chi connectivity index (χ4v) is 2.25. The van der Waals surface area contributed by atoms with E-state index in [9.17, 15) is 4.79 Å². The van der Waals surface area contributed by atoms with Crippen molar-refractivity contribution in [2.24, 2.45) is 0 Å². The van der Waals surface area contributed by atoms with E-state index >= 15 is 0 Å². The van der Waals surface area contributed by atoms with Crippen molar-refractivity contribution in [2.75, 3.05) is 6.54 Å². The predicted octanol–water partition coefficient (Wildman–Crippen LogP) is 3.56. The zero-order chi connectivity index (χ0) is 15.4. The van der Waals surface area contributed by atoms with Crippen LogP contribution in [-0.4, -0.2) is 17.6 Å². The van der Waals surface area contributed by atoms with Gasteiger partial charge in [-0.25, -0.2) is 0 Å². The van der Waals surface area contributed by atoms with Crippen molar-refractivity contribution in [3.05, 3.63) is 65.0 Å². The van der Waals surface area contributed by atoms with Crippen LogP contribution in [0.25, 0.3) is 11.5 Å². The lowest BCUT2D eigenvalue weighted by molar-refractivity contribution is 0.0945. The van der Waals surface area contributed by atoms with E-state index in [1.54, 1.807) is 18.2 Å². The normalized spacial score (nSPS) is 10.6. The number of rotatable bonds is 5. The molecule has 0 unspecified atom stereocenters. The van der Waals surface area contributed by atoms with E-state index in [0.717, 1.165) is 5.56 Å². The van der Waals surface area contributed by atoms with Gasteiger partial charge in [0.25, 0.3) is 5.91 Å². The molecule has 1 aromatic carbocycles. The Balaban J connectivity index is 1.57. The molecule has 0 saturated heterocycles. The van der Waals surface area contributed by atoms with Crippen molar-refractivity contribution in [1.82, 2.24) is 10.5 Å². The molecule has 2 aromatic heterocycles. The fourth-order valence-electron chi connectivity index (χ4n) is 2.02. The summed E-state index contributed by atoms with van der Waals surface area (Å²) in [5.74, 6) is 0.650. The third kappa shape index (κ3) is 3.20. The molecule has 0 aliphatic carbocycles. The van der Waals surface area contributed by atoms with Crippen molar-refractivity contribution in [1.29, 1.82) is 0 Å². The number of hydrogen-bond donors (Lipinski definition) is 1. The van der Waals surface area contributed by atoms with Crippen LogP contribution in [0.15, 0.2) is 57.7 Å². The number of nitrogens with one attached hydrogen (secondary N) is 1. The van der Waals surface area contributed by atoms with E-state index in [0.29, 0.717) is 29.5 Å². The molecular weight excluding hydrogens is 304 g/mol. The highest BCUT2D eigenvalue weighted by atomic mass is 35.5. The summed E-state index contributed by atoms with van der Waals surface area (Å²) in [5.41, 5.74) is 1.20. The predicted molar refractivity (Wildman–Crippen MR) is 81.7 cm³/mol. The fraction of sp³-hybridized carbons (Fsp3) is 0.125. The lowest BCUT2D eigenvalue weighted by Gasteiger charge is -2.04. The van der Waals surface area contributed by atoms with Gasteiger partial charge in [-0.05, 0) is 30.2 Å². The molecule has 5 nitrogen and oxygen atoms in total. The first kappa shape index (κ1) is 14.4. The van der Waals surface area contributed by atoms with Gasteiger partial charge in [-0.2, -0.15) is 0 Å². The highest BCUT2D eigenvalue weighted by molar-refractivity contribution is 6.31. The average molecular weight is 317 g/mol. The van der Waals surface area contributed by atoms with Gasteiger partial charge in [0, 0.05) is 17.6 Å². The van der Waals surface area contributed by atoms with Gasteiger partial charge in [-0.15, -0.1) is 0 Å². The van der Waals surface area contributed by atoms with Crippen LogP contribution < -0.4 is 5.32 Å². The van der Waals surface area contributed by atoms with E-state index in [1.165, 1.54) is 6.26 Å². The second kappa shape index (κ2) is 6.49. The maximum atomic E-state index is 12.0. The Hall–Kier alpha value is -2.53. The number of hydrogen-bond acceptors (Lipinski definition) is 4. The summed E-state index contributed by atoms with van der Waals surface area (Å²) in [6.45, 7) is 0.464. The average Bonchev–Trinajstić information content (AvgIpc) is 3.20. The molecule has 0 radical (unpaired) electrons. The number of aromatic nitrogens is 1. The lowest BCUT2D eigenvalue weighted by Crippen LogP contribution is -2.25. The lowest BCUT2D eigenvalue weighted by atomic mass is 10.1. The van der Waals surface area contributed by atoms with Crippen LogP contribution in [-0.2, 0) is 6.42 Å².